The lowest BCUT2D eigenvalue weighted by atomic mass is 10.1. The summed E-state index contributed by atoms with van der Waals surface area (Å²) in [6.07, 6.45) is 1.71. The lowest BCUT2D eigenvalue weighted by Crippen LogP contribution is -2.16. The Labute approximate surface area is 134 Å². The van der Waals surface area contributed by atoms with E-state index in [4.69, 9.17) is 0 Å². The summed E-state index contributed by atoms with van der Waals surface area (Å²) < 4.78 is 1.60. The van der Waals surface area contributed by atoms with E-state index in [2.05, 4.69) is 39.6 Å². The molecule has 0 saturated carbocycles. The highest BCUT2D eigenvalue weighted by atomic mass is 32.2. The van der Waals surface area contributed by atoms with Crippen molar-refractivity contribution in [3.63, 3.8) is 0 Å². The van der Waals surface area contributed by atoms with Crippen molar-refractivity contribution >= 4 is 23.4 Å². The van der Waals surface area contributed by atoms with Gasteiger partial charge in [-0.15, -0.1) is 11.7 Å². The summed E-state index contributed by atoms with van der Waals surface area (Å²) in [5, 5.41) is 14.9. The monoisotopic (exact) mass is 317 g/mol. The molecule has 7 heteroatoms. The smallest absolute Gasteiger partial charge is 0.234 e. The van der Waals surface area contributed by atoms with E-state index in [0.29, 0.717) is 11.7 Å². The molecule has 116 valence electrons. The van der Waals surface area contributed by atoms with Crippen LogP contribution < -0.4 is 5.32 Å². The van der Waals surface area contributed by atoms with Gasteiger partial charge in [-0.2, -0.15) is 0 Å². The summed E-state index contributed by atoms with van der Waals surface area (Å²) in [7, 11) is 0. The molecule has 2 rings (SSSR count). The topological polar surface area (TPSA) is 72.7 Å². The fourth-order valence-corrected chi connectivity index (χ4v) is 2.91. The van der Waals surface area contributed by atoms with Crippen molar-refractivity contribution in [2.24, 2.45) is 0 Å². The molecule has 22 heavy (non-hydrogen) atoms. The maximum atomic E-state index is 12.1. The minimum absolute atomic E-state index is 0.0757. The first-order valence-corrected chi connectivity index (χ1v) is 7.87. The first-order chi connectivity index (χ1) is 10.5. The summed E-state index contributed by atoms with van der Waals surface area (Å²) >= 11 is 1.30. The van der Waals surface area contributed by atoms with Gasteiger partial charge in [-0.25, -0.2) is 4.68 Å². The number of hydrogen-bond acceptors (Lipinski definition) is 5. The third kappa shape index (κ3) is 3.94. The number of benzene rings is 1. The standard InChI is InChI=1S/C15H19N5OS/c1-5-6-20-15(17-18-19-20)22-9-13(21)16-14-11(3)7-10(2)8-12(14)4/h5,7-8H,1,6,9H2,2-4H3,(H,16,21). The van der Waals surface area contributed by atoms with Crippen LogP contribution in [0.1, 0.15) is 16.7 Å². The Morgan fingerprint density at radius 1 is 1.36 bits per heavy atom. The fraction of sp³-hybridized carbons (Fsp3) is 0.333. The van der Waals surface area contributed by atoms with Crippen LogP contribution in [-0.2, 0) is 11.3 Å². The Balaban J connectivity index is 1.99. The molecular weight excluding hydrogens is 298 g/mol. The molecule has 6 nitrogen and oxygen atoms in total. The van der Waals surface area contributed by atoms with Gasteiger partial charge in [0, 0.05) is 5.69 Å². The molecule has 1 N–H and O–H groups in total. The Kier molecular flexibility index (Phi) is 5.32. The molecule has 0 spiro atoms. The first-order valence-electron chi connectivity index (χ1n) is 6.89. The van der Waals surface area contributed by atoms with Crippen LogP contribution in [0.4, 0.5) is 5.69 Å². The summed E-state index contributed by atoms with van der Waals surface area (Å²) in [4.78, 5) is 12.1. The number of thioether (sulfide) groups is 1. The quantitative estimate of drug-likeness (QED) is 0.654. The predicted octanol–water partition coefficient (Wildman–Crippen LogP) is 2.52. The van der Waals surface area contributed by atoms with E-state index in [-0.39, 0.29) is 11.7 Å². The summed E-state index contributed by atoms with van der Waals surface area (Å²) in [6.45, 7) is 10.2. The van der Waals surface area contributed by atoms with Crippen molar-refractivity contribution in [1.82, 2.24) is 20.2 Å². The molecule has 2 aromatic rings. The van der Waals surface area contributed by atoms with Gasteiger partial charge in [0.05, 0.1) is 12.3 Å². The van der Waals surface area contributed by atoms with Crippen LogP contribution in [0.5, 0.6) is 0 Å². The van der Waals surface area contributed by atoms with Crippen LogP contribution in [0.2, 0.25) is 0 Å². The van der Waals surface area contributed by atoms with Gasteiger partial charge < -0.3 is 5.32 Å². The number of nitrogens with zero attached hydrogens (tertiary/aromatic N) is 4. The molecule has 0 aliphatic heterocycles. The Bertz CT molecular complexity index is 672. The molecule has 1 aromatic heterocycles. The number of carbonyl (C=O) groups is 1. The molecule has 0 aliphatic carbocycles. The highest BCUT2D eigenvalue weighted by molar-refractivity contribution is 7.99. The second-order valence-electron chi connectivity index (χ2n) is 5.04. The molecule has 0 bridgehead atoms. The molecule has 0 saturated heterocycles. The molecule has 0 atom stereocenters. The fourth-order valence-electron chi connectivity index (χ4n) is 2.22. The average Bonchev–Trinajstić information content (AvgIpc) is 2.88. The van der Waals surface area contributed by atoms with Crippen molar-refractivity contribution in [3.8, 4) is 0 Å². The van der Waals surface area contributed by atoms with Gasteiger partial charge in [-0.3, -0.25) is 4.79 Å². The zero-order valence-corrected chi connectivity index (χ0v) is 13.8. The van der Waals surface area contributed by atoms with E-state index in [1.165, 1.54) is 17.3 Å². The number of anilines is 1. The maximum Gasteiger partial charge on any atom is 0.234 e. The van der Waals surface area contributed by atoms with Crippen molar-refractivity contribution in [3.05, 3.63) is 41.5 Å². The molecule has 0 aliphatic rings. The largest absolute Gasteiger partial charge is 0.325 e. The van der Waals surface area contributed by atoms with Crippen LogP contribution in [0, 0.1) is 20.8 Å². The molecule has 1 heterocycles. The van der Waals surface area contributed by atoms with E-state index < -0.39 is 0 Å². The highest BCUT2D eigenvalue weighted by Crippen LogP contribution is 2.22. The first kappa shape index (κ1) is 16.2. The molecule has 0 unspecified atom stereocenters. The predicted molar refractivity (Wildman–Crippen MR) is 88.0 cm³/mol. The molecule has 1 aromatic carbocycles. The number of aromatic nitrogens is 4. The number of tetrazole rings is 1. The Hall–Kier alpha value is -2.15. The molecule has 1 amide bonds. The third-order valence-electron chi connectivity index (χ3n) is 3.07. The van der Waals surface area contributed by atoms with E-state index in [0.717, 1.165) is 16.8 Å². The number of hydrogen-bond donors (Lipinski definition) is 1. The lowest BCUT2D eigenvalue weighted by Gasteiger charge is -2.12. The Morgan fingerprint density at radius 2 is 2.05 bits per heavy atom. The molecule has 0 fully saturated rings. The number of amides is 1. The van der Waals surface area contributed by atoms with Gasteiger partial charge in [0.1, 0.15) is 0 Å². The maximum absolute atomic E-state index is 12.1. The van der Waals surface area contributed by atoms with E-state index in [9.17, 15) is 4.79 Å². The summed E-state index contributed by atoms with van der Waals surface area (Å²) in [5.41, 5.74) is 4.19. The van der Waals surface area contributed by atoms with E-state index >= 15 is 0 Å². The second kappa shape index (κ2) is 7.22. The van der Waals surface area contributed by atoms with Crippen molar-refractivity contribution in [2.45, 2.75) is 32.5 Å². The number of allylic oxidation sites excluding steroid dienone is 1. The van der Waals surface area contributed by atoms with Crippen LogP contribution >= 0.6 is 11.8 Å². The van der Waals surface area contributed by atoms with Crippen molar-refractivity contribution in [1.29, 1.82) is 0 Å². The van der Waals surface area contributed by atoms with Gasteiger partial charge >= 0.3 is 0 Å². The summed E-state index contributed by atoms with van der Waals surface area (Å²) in [5.74, 6) is 0.179. The van der Waals surface area contributed by atoms with Gasteiger partial charge in [0.15, 0.2) is 0 Å². The van der Waals surface area contributed by atoms with Crippen LogP contribution in [0.25, 0.3) is 0 Å². The Morgan fingerprint density at radius 3 is 2.68 bits per heavy atom. The summed E-state index contributed by atoms with van der Waals surface area (Å²) in [6, 6.07) is 4.11. The van der Waals surface area contributed by atoms with Gasteiger partial charge in [-0.1, -0.05) is 35.5 Å². The van der Waals surface area contributed by atoms with Gasteiger partial charge in [0.25, 0.3) is 0 Å². The highest BCUT2D eigenvalue weighted by Gasteiger charge is 2.11. The van der Waals surface area contributed by atoms with E-state index in [1.54, 1.807) is 10.8 Å². The van der Waals surface area contributed by atoms with Crippen molar-refractivity contribution in [2.75, 3.05) is 11.1 Å². The number of nitrogens with one attached hydrogen (secondary N) is 1. The SMILES string of the molecule is C=CCn1nnnc1SCC(=O)Nc1c(C)cc(C)cc1C. The minimum Gasteiger partial charge on any atom is -0.325 e. The normalized spacial score (nSPS) is 10.5. The average molecular weight is 317 g/mol. The second-order valence-corrected chi connectivity index (χ2v) is 5.99. The van der Waals surface area contributed by atoms with Crippen LogP contribution in [0.15, 0.2) is 29.9 Å². The minimum atomic E-state index is -0.0757. The number of aryl methyl sites for hydroxylation is 3. The zero-order chi connectivity index (χ0) is 16.1. The van der Waals surface area contributed by atoms with E-state index in [1.807, 2.05) is 20.8 Å². The number of carbonyl (C=O) groups excluding carboxylic acids is 1. The zero-order valence-electron chi connectivity index (χ0n) is 13.0. The molecular formula is C15H19N5OS. The van der Waals surface area contributed by atoms with Crippen LogP contribution in [-0.4, -0.2) is 31.9 Å². The number of rotatable bonds is 6. The van der Waals surface area contributed by atoms with Crippen LogP contribution in [0.3, 0.4) is 0 Å². The van der Waals surface area contributed by atoms with Gasteiger partial charge in [0.2, 0.25) is 11.1 Å². The molecule has 0 radical (unpaired) electrons. The van der Waals surface area contributed by atoms with Gasteiger partial charge in [-0.05, 0) is 42.3 Å². The van der Waals surface area contributed by atoms with Crippen molar-refractivity contribution < 1.29 is 4.79 Å². The third-order valence-corrected chi connectivity index (χ3v) is 4.03. The lowest BCUT2D eigenvalue weighted by molar-refractivity contribution is -0.113.